The van der Waals surface area contributed by atoms with Gasteiger partial charge in [-0.15, -0.1) is 0 Å². The van der Waals surface area contributed by atoms with E-state index in [1.54, 1.807) is 19.1 Å². The highest BCUT2D eigenvalue weighted by atomic mass is 16.5. The average Bonchev–Trinajstić information content (AvgIpc) is 2.67. The Labute approximate surface area is 147 Å². The van der Waals surface area contributed by atoms with Crippen molar-refractivity contribution in [2.45, 2.75) is 18.9 Å². The predicted molar refractivity (Wildman–Crippen MR) is 95.0 cm³/mol. The van der Waals surface area contributed by atoms with Crippen LogP contribution in [-0.4, -0.2) is 26.4 Å². The maximum Gasteiger partial charge on any atom is 0.233 e. The Morgan fingerprint density at radius 2 is 1.52 bits per heavy atom. The van der Waals surface area contributed by atoms with E-state index >= 15 is 0 Å². The number of anilines is 1. The smallest absolute Gasteiger partial charge is 0.233 e. The fraction of sp³-hybridized carbons (Fsp3) is 0.300. The molecule has 1 heterocycles. The zero-order chi connectivity index (χ0) is 17.8. The third-order valence-corrected chi connectivity index (χ3v) is 4.62. The van der Waals surface area contributed by atoms with Gasteiger partial charge in [0.2, 0.25) is 5.91 Å². The second-order valence-corrected chi connectivity index (χ2v) is 5.97. The Bertz CT molecular complexity index is 739. The molecule has 0 aromatic heterocycles. The summed E-state index contributed by atoms with van der Waals surface area (Å²) in [4.78, 5) is 25.2. The summed E-state index contributed by atoms with van der Waals surface area (Å²) in [5, 5.41) is 0. The minimum atomic E-state index is -0.180. The summed E-state index contributed by atoms with van der Waals surface area (Å²) < 4.78 is 10.4. The second-order valence-electron chi connectivity index (χ2n) is 5.97. The molecular formula is C20H21NO4. The van der Waals surface area contributed by atoms with Crippen molar-refractivity contribution in [1.82, 2.24) is 0 Å². The number of amides is 1. The van der Waals surface area contributed by atoms with Crippen LogP contribution in [0, 0.1) is 5.92 Å². The fourth-order valence-corrected chi connectivity index (χ4v) is 3.29. The van der Waals surface area contributed by atoms with Crippen LogP contribution in [0.2, 0.25) is 0 Å². The number of hydrogen-bond acceptors (Lipinski definition) is 4. The van der Waals surface area contributed by atoms with Crippen LogP contribution in [0.1, 0.15) is 24.4 Å². The molecule has 2 aromatic carbocycles. The largest absolute Gasteiger partial charge is 0.497 e. The van der Waals surface area contributed by atoms with Crippen molar-refractivity contribution in [2.75, 3.05) is 19.1 Å². The van der Waals surface area contributed by atoms with Gasteiger partial charge in [0.1, 0.15) is 17.8 Å². The van der Waals surface area contributed by atoms with Gasteiger partial charge in [0.05, 0.1) is 26.2 Å². The molecule has 0 N–H and O–H groups in total. The van der Waals surface area contributed by atoms with E-state index in [9.17, 15) is 9.59 Å². The van der Waals surface area contributed by atoms with E-state index in [1.807, 2.05) is 48.5 Å². The number of carbonyl (C=O) groups excluding carboxylic acids is 2. The molecule has 0 unspecified atom stereocenters. The van der Waals surface area contributed by atoms with Gasteiger partial charge in [0.25, 0.3) is 0 Å². The highest BCUT2D eigenvalue weighted by Gasteiger charge is 2.48. The number of β-lactam (4-membered cyclic amide) rings is 1. The van der Waals surface area contributed by atoms with Gasteiger partial charge >= 0.3 is 0 Å². The van der Waals surface area contributed by atoms with E-state index in [4.69, 9.17) is 9.47 Å². The number of methoxy groups -OCH3 is 2. The topological polar surface area (TPSA) is 55.8 Å². The number of carbonyl (C=O) groups is 2. The fourth-order valence-electron chi connectivity index (χ4n) is 3.29. The van der Waals surface area contributed by atoms with Gasteiger partial charge in [-0.2, -0.15) is 0 Å². The molecule has 0 aliphatic carbocycles. The van der Waals surface area contributed by atoms with Gasteiger partial charge in [-0.3, -0.25) is 4.79 Å². The predicted octanol–water partition coefficient (Wildman–Crippen LogP) is 3.39. The molecule has 5 nitrogen and oxygen atoms in total. The van der Waals surface area contributed by atoms with E-state index in [1.165, 1.54) is 0 Å². The molecule has 1 aliphatic rings. The van der Waals surface area contributed by atoms with Crippen LogP contribution in [-0.2, 0) is 9.59 Å². The molecule has 0 spiro atoms. The lowest BCUT2D eigenvalue weighted by atomic mass is 9.79. The number of benzene rings is 2. The molecule has 5 heteroatoms. The zero-order valence-corrected chi connectivity index (χ0v) is 14.3. The van der Waals surface area contributed by atoms with Crippen LogP contribution in [0.25, 0.3) is 0 Å². The lowest BCUT2D eigenvalue weighted by molar-refractivity contribution is -0.130. The average molecular weight is 339 g/mol. The molecule has 0 radical (unpaired) electrons. The summed E-state index contributed by atoms with van der Waals surface area (Å²) in [6, 6.07) is 15.1. The first-order valence-corrected chi connectivity index (χ1v) is 8.24. The van der Waals surface area contributed by atoms with E-state index < -0.39 is 0 Å². The number of rotatable bonds is 7. The van der Waals surface area contributed by atoms with Crippen molar-refractivity contribution in [3.05, 3.63) is 54.1 Å². The summed E-state index contributed by atoms with van der Waals surface area (Å²) in [5.41, 5.74) is 1.86. The highest BCUT2D eigenvalue weighted by Crippen LogP contribution is 2.45. The molecule has 1 aliphatic heterocycles. The lowest BCUT2D eigenvalue weighted by Gasteiger charge is -2.47. The Morgan fingerprint density at radius 3 is 2.04 bits per heavy atom. The molecule has 0 bridgehead atoms. The van der Waals surface area contributed by atoms with Gasteiger partial charge in [-0.25, -0.2) is 0 Å². The molecule has 1 amide bonds. The van der Waals surface area contributed by atoms with Gasteiger partial charge in [-0.05, 0) is 48.4 Å². The maximum atomic E-state index is 12.7. The lowest BCUT2D eigenvalue weighted by Crippen LogP contribution is -2.55. The van der Waals surface area contributed by atoms with Gasteiger partial charge in [-0.1, -0.05) is 12.1 Å². The van der Waals surface area contributed by atoms with Crippen LogP contribution in [0.4, 0.5) is 5.69 Å². The van der Waals surface area contributed by atoms with Crippen molar-refractivity contribution in [1.29, 1.82) is 0 Å². The molecule has 1 saturated heterocycles. The first-order valence-electron chi connectivity index (χ1n) is 8.24. The zero-order valence-electron chi connectivity index (χ0n) is 14.3. The molecular weight excluding hydrogens is 318 g/mol. The van der Waals surface area contributed by atoms with Crippen LogP contribution in [0.15, 0.2) is 48.5 Å². The second kappa shape index (κ2) is 7.38. The minimum Gasteiger partial charge on any atom is -0.497 e. The van der Waals surface area contributed by atoms with Crippen LogP contribution < -0.4 is 14.4 Å². The minimum absolute atomic E-state index is 0.0489. The Morgan fingerprint density at radius 1 is 0.960 bits per heavy atom. The first-order chi connectivity index (χ1) is 12.2. The molecule has 25 heavy (non-hydrogen) atoms. The molecule has 3 rings (SSSR count). The van der Waals surface area contributed by atoms with Crippen molar-refractivity contribution >= 4 is 17.9 Å². The maximum absolute atomic E-state index is 12.7. The molecule has 2 aromatic rings. The normalized spacial score (nSPS) is 19.3. The highest BCUT2D eigenvalue weighted by molar-refractivity contribution is 6.03. The third-order valence-electron chi connectivity index (χ3n) is 4.62. The number of nitrogens with zero attached hydrogens (tertiary/aromatic N) is 1. The van der Waals surface area contributed by atoms with E-state index in [0.29, 0.717) is 12.8 Å². The third kappa shape index (κ3) is 3.22. The first kappa shape index (κ1) is 17.0. The summed E-state index contributed by atoms with van der Waals surface area (Å²) in [6.07, 6.45) is 1.82. The summed E-state index contributed by atoms with van der Waals surface area (Å²) in [5.74, 6) is 1.39. The van der Waals surface area contributed by atoms with Crippen LogP contribution >= 0.6 is 0 Å². The van der Waals surface area contributed by atoms with E-state index in [2.05, 4.69) is 0 Å². The number of ether oxygens (including phenoxy) is 2. The van der Waals surface area contributed by atoms with E-state index in [0.717, 1.165) is 29.0 Å². The summed E-state index contributed by atoms with van der Waals surface area (Å²) in [6.45, 7) is 0. The quantitative estimate of drug-likeness (QED) is 0.573. The summed E-state index contributed by atoms with van der Waals surface area (Å²) >= 11 is 0. The van der Waals surface area contributed by atoms with Crippen LogP contribution in [0.5, 0.6) is 11.5 Å². The van der Waals surface area contributed by atoms with Gasteiger partial charge in [0.15, 0.2) is 0 Å². The Kier molecular flexibility index (Phi) is 5.03. The molecule has 130 valence electrons. The van der Waals surface area contributed by atoms with Crippen molar-refractivity contribution < 1.29 is 19.1 Å². The monoisotopic (exact) mass is 339 g/mol. The van der Waals surface area contributed by atoms with Gasteiger partial charge < -0.3 is 19.2 Å². The Balaban J connectivity index is 1.91. The van der Waals surface area contributed by atoms with Crippen molar-refractivity contribution in [3.63, 3.8) is 0 Å². The molecule has 1 fully saturated rings. The van der Waals surface area contributed by atoms with Crippen molar-refractivity contribution in [2.24, 2.45) is 5.92 Å². The van der Waals surface area contributed by atoms with Crippen molar-refractivity contribution in [3.8, 4) is 11.5 Å². The standard InChI is InChI=1S/C20H21NO4/c1-24-16-9-5-14(6-10-16)19-18(4-3-13-22)20(23)21(19)15-7-11-17(25-2)12-8-15/h5-13,18-19H,3-4H2,1-2H3/t18-,19-/m1/s1. The Hall–Kier alpha value is -2.82. The van der Waals surface area contributed by atoms with Crippen LogP contribution in [0.3, 0.4) is 0 Å². The SMILES string of the molecule is COc1ccc([C@@H]2[C@@H](CCC=O)C(=O)N2c2ccc(OC)cc2)cc1. The number of hydrogen-bond donors (Lipinski definition) is 0. The summed E-state index contributed by atoms with van der Waals surface area (Å²) in [7, 11) is 3.23. The molecule has 0 saturated carbocycles. The van der Waals surface area contributed by atoms with E-state index in [-0.39, 0.29) is 17.9 Å². The molecule has 2 atom stereocenters. The number of aldehydes is 1. The van der Waals surface area contributed by atoms with Gasteiger partial charge in [0, 0.05) is 12.1 Å².